The quantitative estimate of drug-likeness (QED) is 0.627. The molecule has 1 heterocycles. The third-order valence-corrected chi connectivity index (χ3v) is 0.964. The second kappa shape index (κ2) is 3.82. The molecule has 6 heteroatoms. The molecular weight excluding hydrogens is 170 g/mol. The van der Waals surface area contributed by atoms with Crippen molar-refractivity contribution in [1.29, 1.82) is 0 Å². The fraction of sp³-hybridized carbons (Fsp3) is 0.200. The predicted molar refractivity (Wildman–Crippen MR) is 41.7 cm³/mol. The first kappa shape index (κ1) is 9.77. The summed E-state index contributed by atoms with van der Waals surface area (Å²) < 4.78 is 5.38. The van der Waals surface area contributed by atoms with Crippen LogP contribution >= 0.6 is 12.4 Å². The van der Waals surface area contributed by atoms with Gasteiger partial charge in [0.1, 0.15) is 0 Å². The number of nitrogens with zero attached hydrogens (tertiary/aromatic N) is 2. The van der Waals surface area contributed by atoms with Crippen molar-refractivity contribution in [3.8, 4) is 0 Å². The molecule has 5 nitrogen and oxygen atoms in total. The maximum absolute atomic E-state index is 10.6. The molecular formula is C5H8ClN3O2. The number of anilines is 1. The highest BCUT2D eigenvalue weighted by molar-refractivity contribution is 5.85. The Morgan fingerprint density at radius 3 is 2.82 bits per heavy atom. The molecule has 0 aliphatic carbocycles. The number of carbonyl (C=O) groups excluding carboxylic acids is 1. The van der Waals surface area contributed by atoms with Crippen molar-refractivity contribution in [3.63, 3.8) is 0 Å². The molecule has 1 aromatic rings. The maximum atomic E-state index is 10.6. The van der Waals surface area contributed by atoms with Gasteiger partial charge in [-0.2, -0.15) is 9.78 Å². The Kier molecular flexibility index (Phi) is 3.39. The summed E-state index contributed by atoms with van der Waals surface area (Å²) in [5, 5.41) is 3.60. The molecule has 0 unspecified atom stereocenters. The Balaban J connectivity index is 0.000001000. The standard InChI is InChI=1S/C5H7N3O2.ClH/c1-10-5(9)8-3-4(6)2-7-8;/h2-3H,6H2,1H3;1H. The Labute approximate surface area is 69.5 Å². The number of methoxy groups -OCH3 is 1. The van der Waals surface area contributed by atoms with Crippen LogP contribution in [0.25, 0.3) is 0 Å². The fourth-order valence-corrected chi connectivity index (χ4v) is 0.530. The summed E-state index contributed by atoms with van der Waals surface area (Å²) in [6, 6.07) is 0. The molecule has 0 aromatic carbocycles. The minimum atomic E-state index is -0.545. The third kappa shape index (κ3) is 2.12. The van der Waals surface area contributed by atoms with Crippen molar-refractivity contribution in [2.75, 3.05) is 12.8 Å². The van der Waals surface area contributed by atoms with E-state index < -0.39 is 6.09 Å². The molecule has 0 aliphatic heterocycles. The van der Waals surface area contributed by atoms with E-state index in [1.54, 1.807) is 0 Å². The Morgan fingerprint density at radius 2 is 2.45 bits per heavy atom. The van der Waals surface area contributed by atoms with Gasteiger partial charge in [0.15, 0.2) is 0 Å². The number of halogens is 1. The molecule has 0 amide bonds. The lowest BCUT2D eigenvalue weighted by atomic mass is 10.6. The van der Waals surface area contributed by atoms with Gasteiger partial charge in [-0.1, -0.05) is 0 Å². The van der Waals surface area contributed by atoms with Crippen LogP contribution in [0.2, 0.25) is 0 Å². The van der Waals surface area contributed by atoms with Crippen molar-refractivity contribution < 1.29 is 9.53 Å². The topological polar surface area (TPSA) is 70.1 Å². The van der Waals surface area contributed by atoms with E-state index in [4.69, 9.17) is 5.73 Å². The highest BCUT2D eigenvalue weighted by atomic mass is 35.5. The first-order valence-corrected chi connectivity index (χ1v) is 2.62. The SMILES string of the molecule is COC(=O)n1cc(N)cn1.Cl. The van der Waals surface area contributed by atoms with Gasteiger partial charge in [-0.3, -0.25) is 0 Å². The summed E-state index contributed by atoms with van der Waals surface area (Å²) in [7, 11) is 1.28. The van der Waals surface area contributed by atoms with Gasteiger partial charge in [-0.05, 0) is 0 Å². The molecule has 11 heavy (non-hydrogen) atoms. The number of aromatic nitrogens is 2. The van der Waals surface area contributed by atoms with E-state index in [2.05, 4.69) is 9.84 Å². The van der Waals surface area contributed by atoms with Gasteiger partial charge in [-0.25, -0.2) is 4.79 Å². The molecule has 0 spiro atoms. The van der Waals surface area contributed by atoms with Crippen LogP contribution in [0, 0.1) is 0 Å². The second-order valence-corrected chi connectivity index (χ2v) is 1.69. The van der Waals surface area contributed by atoms with E-state index in [0.717, 1.165) is 4.68 Å². The number of hydrogen-bond acceptors (Lipinski definition) is 4. The first-order valence-electron chi connectivity index (χ1n) is 2.62. The van der Waals surface area contributed by atoms with Crippen molar-refractivity contribution in [1.82, 2.24) is 9.78 Å². The average Bonchev–Trinajstić information content (AvgIpc) is 2.34. The third-order valence-electron chi connectivity index (χ3n) is 0.964. The summed E-state index contributed by atoms with van der Waals surface area (Å²) in [4.78, 5) is 10.6. The summed E-state index contributed by atoms with van der Waals surface area (Å²) in [6.45, 7) is 0. The van der Waals surface area contributed by atoms with E-state index in [9.17, 15) is 4.79 Å². The van der Waals surface area contributed by atoms with Crippen LogP contribution in [0.3, 0.4) is 0 Å². The average molecular weight is 178 g/mol. The number of ether oxygens (including phenoxy) is 1. The van der Waals surface area contributed by atoms with Crippen molar-refractivity contribution in [2.24, 2.45) is 0 Å². The molecule has 0 bridgehead atoms. The monoisotopic (exact) mass is 177 g/mol. The van der Waals surface area contributed by atoms with Crippen molar-refractivity contribution >= 4 is 24.2 Å². The van der Waals surface area contributed by atoms with Gasteiger partial charge in [0.05, 0.1) is 25.2 Å². The van der Waals surface area contributed by atoms with Crippen LogP contribution in [0.1, 0.15) is 0 Å². The molecule has 0 saturated carbocycles. The van der Waals surface area contributed by atoms with Crippen LogP contribution in [0.4, 0.5) is 10.5 Å². The van der Waals surface area contributed by atoms with Crippen molar-refractivity contribution in [3.05, 3.63) is 12.4 Å². The molecule has 1 aromatic heterocycles. The van der Waals surface area contributed by atoms with Gasteiger partial charge in [-0.15, -0.1) is 12.4 Å². The minimum absolute atomic E-state index is 0. The van der Waals surface area contributed by atoms with Crippen LogP contribution in [-0.2, 0) is 4.74 Å². The Bertz CT molecular complexity index is 248. The zero-order valence-corrected chi connectivity index (χ0v) is 6.67. The highest BCUT2D eigenvalue weighted by Crippen LogP contribution is 1.97. The second-order valence-electron chi connectivity index (χ2n) is 1.69. The summed E-state index contributed by atoms with van der Waals surface area (Å²) in [6.07, 6.45) is 2.21. The Hall–Kier alpha value is -1.23. The van der Waals surface area contributed by atoms with Gasteiger partial charge in [0.25, 0.3) is 0 Å². The maximum Gasteiger partial charge on any atom is 0.434 e. The van der Waals surface area contributed by atoms with E-state index in [1.807, 2.05) is 0 Å². The van der Waals surface area contributed by atoms with E-state index in [-0.39, 0.29) is 12.4 Å². The molecule has 1 rings (SSSR count). The molecule has 0 atom stereocenters. The fourth-order valence-electron chi connectivity index (χ4n) is 0.530. The Morgan fingerprint density at radius 1 is 1.82 bits per heavy atom. The zero-order valence-electron chi connectivity index (χ0n) is 5.85. The molecule has 0 fully saturated rings. The lowest BCUT2D eigenvalue weighted by molar-refractivity contribution is 0.169. The van der Waals surface area contributed by atoms with Gasteiger partial charge >= 0.3 is 6.09 Å². The van der Waals surface area contributed by atoms with E-state index in [1.165, 1.54) is 19.5 Å². The van der Waals surface area contributed by atoms with Crippen LogP contribution < -0.4 is 5.73 Å². The summed E-state index contributed by atoms with van der Waals surface area (Å²) >= 11 is 0. The number of carbonyl (C=O) groups is 1. The molecule has 0 aliphatic rings. The zero-order chi connectivity index (χ0) is 7.56. The lowest BCUT2D eigenvalue weighted by Gasteiger charge is -1.94. The number of nitrogen functional groups attached to an aromatic ring is 1. The smallest absolute Gasteiger partial charge is 0.434 e. The van der Waals surface area contributed by atoms with E-state index in [0.29, 0.717) is 5.69 Å². The van der Waals surface area contributed by atoms with Crippen LogP contribution in [-0.4, -0.2) is 23.0 Å². The molecule has 0 radical (unpaired) electrons. The van der Waals surface area contributed by atoms with E-state index >= 15 is 0 Å². The van der Waals surface area contributed by atoms with Gasteiger partial charge in [0.2, 0.25) is 0 Å². The first-order chi connectivity index (χ1) is 4.74. The lowest BCUT2D eigenvalue weighted by Crippen LogP contribution is -2.11. The van der Waals surface area contributed by atoms with Gasteiger partial charge < -0.3 is 10.5 Å². The normalized spacial score (nSPS) is 8.45. The molecule has 0 saturated heterocycles. The van der Waals surface area contributed by atoms with Gasteiger partial charge in [0, 0.05) is 0 Å². The molecule has 62 valence electrons. The van der Waals surface area contributed by atoms with Crippen molar-refractivity contribution in [2.45, 2.75) is 0 Å². The largest absolute Gasteiger partial charge is 0.451 e. The number of nitrogens with two attached hydrogens (primary N) is 1. The number of hydrogen-bond donors (Lipinski definition) is 1. The van der Waals surface area contributed by atoms with Crippen LogP contribution in [0.15, 0.2) is 12.4 Å². The molecule has 2 N–H and O–H groups in total. The van der Waals surface area contributed by atoms with Crippen LogP contribution in [0.5, 0.6) is 0 Å². The minimum Gasteiger partial charge on any atom is -0.451 e. The summed E-state index contributed by atoms with van der Waals surface area (Å²) in [5.74, 6) is 0. The number of rotatable bonds is 0. The summed E-state index contributed by atoms with van der Waals surface area (Å²) in [5.41, 5.74) is 5.72. The predicted octanol–water partition coefficient (Wildman–Crippen LogP) is 0.502. The highest BCUT2D eigenvalue weighted by Gasteiger charge is 2.02.